The molecule has 3 amide bonds. The third-order valence-corrected chi connectivity index (χ3v) is 7.02. The number of carbonyl (C=O) groups is 3. The van der Waals surface area contributed by atoms with Gasteiger partial charge in [0.2, 0.25) is 5.91 Å². The Hall–Kier alpha value is -3.72. The SMILES string of the molecule is CNC(=O)c1ccc(-c2cn3c(n2)sc2cc(C(=O)NCC4CC(=O)N(C)C4)ccc23)cc1. The van der Waals surface area contributed by atoms with Crippen LogP contribution in [0.15, 0.2) is 48.7 Å². The first-order chi connectivity index (χ1) is 15.9. The van der Waals surface area contributed by atoms with E-state index in [4.69, 9.17) is 4.98 Å². The lowest BCUT2D eigenvalue weighted by molar-refractivity contribution is -0.126. The molecule has 2 N–H and O–H groups in total. The van der Waals surface area contributed by atoms with E-state index < -0.39 is 0 Å². The zero-order chi connectivity index (χ0) is 23.1. The Labute approximate surface area is 194 Å². The molecule has 9 heteroatoms. The molecule has 1 saturated heterocycles. The molecule has 168 valence electrons. The maximum absolute atomic E-state index is 12.6. The van der Waals surface area contributed by atoms with Crippen LogP contribution in [0, 0.1) is 5.92 Å². The van der Waals surface area contributed by atoms with Gasteiger partial charge in [-0.05, 0) is 30.3 Å². The summed E-state index contributed by atoms with van der Waals surface area (Å²) in [4.78, 5) is 43.3. The van der Waals surface area contributed by atoms with Crippen molar-refractivity contribution in [2.75, 3.05) is 27.2 Å². The lowest BCUT2D eigenvalue weighted by Gasteiger charge is -2.11. The van der Waals surface area contributed by atoms with Gasteiger partial charge in [-0.1, -0.05) is 23.5 Å². The first kappa shape index (κ1) is 21.1. The molecule has 2 aromatic heterocycles. The number of aromatic nitrogens is 2. The van der Waals surface area contributed by atoms with E-state index in [9.17, 15) is 14.4 Å². The summed E-state index contributed by atoms with van der Waals surface area (Å²) in [5.74, 6) is 0.0209. The molecule has 3 heterocycles. The minimum atomic E-state index is -0.137. The van der Waals surface area contributed by atoms with E-state index in [0.717, 1.165) is 26.4 Å². The van der Waals surface area contributed by atoms with Gasteiger partial charge in [0.25, 0.3) is 11.8 Å². The Morgan fingerprint density at radius 2 is 1.88 bits per heavy atom. The molecule has 1 fully saturated rings. The van der Waals surface area contributed by atoms with E-state index in [0.29, 0.717) is 30.6 Å². The fraction of sp³-hybridized carbons (Fsp3) is 0.250. The molecule has 0 bridgehead atoms. The lowest BCUT2D eigenvalue weighted by Crippen LogP contribution is -2.30. The van der Waals surface area contributed by atoms with E-state index in [1.807, 2.05) is 40.9 Å². The molecule has 33 heavy (non-hydrogen) atoms. The summed E-state index contributed by atoms with van der Waals surface area (Å²) in [6, 6.07) is 13.0. The summed E-state index contributed by atoms with van der Waals surface area (Å²) >= 11 is 1.52. The zero-order valence-corrected chi connectivity index (χ0v) is 19.1. The molecule has 0 saturated carbocycles. The predicted molar refractivity (Wildman–Crippen MR) is 127 cm³/mol. The standard InChI is InChI=1S/C24H23N5O3S/c1-25-22(31)16-5-3-15(4-6-16)18-13-29-19-8-7-17(10-20(19)33-24(29)27-18)23(32)26-11-14-9-21(30)28(2)12-14/h3-8,10,13-14H,9,11-12H2,1-2H3,(H,25,31)(H,26,32). The zero-order valence-electron chi connectivity index (χ0n) is 18.3. The molecule has 0 radical (unpaired) electrons. The van der Waals surface area contributed by atoms with Crippen molar-refractivity contribution >= 4 is 44.2 Å². The second-order valence-corrected chi connectivity index (χ2v) is 9.28. The summed E-state index contributed by atoms with van der Waals surface area (Å²) in [6.45, 7) is 1.17. The number of benzene rings is 2. The molecule has 2 aromatic carbocycles. The average molecular weight is 462 g/mol. The first-order valence-electron chi connectivity index (χ1n) is 10.7. The number of fused-ring (bicyclic) bond motifs is 3. The Morgan fingerprint density at radius 1 is 1.12 bits per heavy atom. The van der Waals surface area contributed by atoms with Crippen molar-refractivity contribution in [1.29, 1.82) is 0 Å². The molecule has 0 spiro atoms. The van der Waals surface area contributed by atoms with Crippen molar-refractivity contribution < 1.29 is 14.4 Å². The molecule has 4 aromatic rings. The van der Waals surface area contributed by atoms with Gasteiger partial charge in [0.1, 0.15) is 0 Å². The summed E-state index contributed by atoms with van der Waals surface area (Å²) in [5.41, 5.74) is 3.93. The Kier molecular flexibility index (Phi) is 5.33. The number of amides is 3. The van der Waals surface area contributed by atoms with Crippen molar-refractivity contribution in [3.05, 3.63) is 59.8 Å². The smallest absolute Gasteiger partial charge is 0.251 e. The highest BCUT2D eigenvalue weighted by Crippen LogP contribution is 2.30. The van der Waals surface area contributed by atoms with Crippen LogP contribution in [0.2, 0.25) is 0 Å². The van der Waals surface area contributed by atoms with Gasteiger partial charge in [-0.25, -0.2) is 4.98 Å². The normalized spacial score (nSPS) is 16.0. The fourth-order valence-electron chi connectivity index (χ4n) is 4.15. The number of hydrogen-bond acceptors (Lipinski definition) is 5. The molecule has 0 aliphatic carbocycles. The van der Waals surface area contributed by atoms with E-state index in [1.165, 1.54) is 11.3 Å². The summed E-state index contributed by atoms with van der Waals surface area (Å²) in [6.07, 6.45) is 2.45. The van der Waals surface area contributed by atoms with Gasteiger partial charge in [0.15, 0.2) is 4.96 Å². The van der Waals surface area contributed by atoms with Gasteiger partial charge in [-0.3, -0.25) is 18.8 Å². The van der Waals surface area contributed by atoms with Crippen molar-refractivity contribution in [3.8, 4) is 11.3 Å². The maximum Gasteiger partial charge on any atom is 0.251 e. The Morgan fingerprint density at radius 3 is 2.58 bits per heavy atom. The van der Waals surface area contributed by atoms with E-state index in [-0.39, 0.29) is 23.6 Å². The number of nitrogens with zero attached hydrogens (tertiary/aromatic N) is 3. The number of rotatable bonds is 5. The van der Waals surface area contributed by atoms with Crippen molar-refractivity contribution in [2.24, 2.45) is 5.92 Å². The Bertz CT molecular complexity index is 1390. The molecular weight excluding hydrogens is 438 g/mol. The fourth-order valence-corrected chi connectivity index (χ4v) is 5.20. The van der Waals surface area contributed by atoms with Crippen LogP contribution >= 0.6 is 11.3 Å². The summed E-state index contributed by atoms with van der Waals surface area (Å²) in [5, 5.41) is 5.57. The molecule has 1 unspecified atom stereocenters. The highest BCUT2D eigenvalue weighted by atomic mass is 32.1. The van der Waals surface area contributed by atoms with Crippen LogP contribution in [0.5, 0.6) is 0 Å². The number of carbonyl (C=O) groups excluding carboxylic acids is 3. The van der Waals surface area contributed by atoms with Crippen LogP contribution in [-0.4, -0.2) is 59.2 Å². The first-order valence-corrected chi connectivity index (χ1v) is 11.5. The van der Waals surface area contributed by atoms with Gasteiger partial charge >= 0.3 is 0 Å². The number of nitrogens with one attached hydrogen (secondary N) is 2. The number of imidazole rings is 1. The maximum atomic E-state index is 12.6. The van der Waals surface area contributed by atoms with Crippen LogP contribution in [-0.2, 0) is 4.79 Å². The van der Waals surface area contributed by atoms with Gasteiger partial charge < -0.3 is 15.5 Å². The highest BCUT2D eigenvalue weighted by Gasteiger charge is 2.27. The van der Waals surface area contributed by atoms with Gasteiger partial charge in [0.05, 0.1) is 15.9 Å². The number of hydrogen-bond donors (Lipinski definition) is 2. The topological polar surface area (TPSA) is 95.8 Å². The molecular formula is C24H23N5O3S. The average Bonchev–Trinajstić information content (AvgIpc) is 3.49. The predicted octanol–water partition coefficient (Wildman–Crippen LogP) is 2.78. The van der Waals surface area contributed by atoms with Crippen molar-refractivity contribution in [3.63, 3.8) is 0 Å². The summed E-state index contributed by atoms with van der Waals surface area (Å²) in [7, 11) is 3.40. The number of thiazole rings is 1. The van der Waals surface area contributed by atoms with E-state index in [1.54, 1.807) is 31.1 Å². The second kappa shape index (κ2) is 8.32. The van der Waals surface area contributed by atoms with Crippen LogP contribution in [0.1, 0.15) is 27.1 Å². The van der Waals surface area contributed by atoms with E-state index >= 15 is 0 Å². The molecule has 5 rings (SSSR count). The van der Waals surface area contributed by atoms with E-state index in [2.05, 4.69) is 10.6 Å². The third-order valence-electron chi connectivity index (χ3n) is 6.00. The molecule has 1 aliphatic heterocycles. The second-order valence-electron chi connectivity index (χ2n) is 8.27. The van der Waals surface area contributed by atoms with Gasteiger partial charge in [0, 0.05) is 62.4 Å². The summed E-state index contributed by atoms with van der Waals surface area (Å²) < 4.78 is 2.99. The van der Waals surface area contributed by atoms with Crippen LogP contribution in [0.3, 0.4) is 0 Å². The minimum absolute atomic E-state index is 0.123. The van der Waals surface area contributed by atoms with Gasteiger partial charge in [-0.2, -0.15) is 0 Å². The van der Waals surface area contributed by atoms with Crippen LogP contribution < -0.4 is 10.6 Å². The third kappa shape index (κ3) is 3.95. The number of likely N-dealkylation sites (tertiary alicyclic amines) is 1. The van der Waals surface area contributed by atoms with Crippen molar-refractivity contribution in [1.82, 2.24) is 24.9 Å². The molecule has 1 aliphatic rings. The molecule has 8 nitrogen and oxygen atoms in total. The highest BCUT2D eigenvalue weighted by molar-refractivity contribution is 7.23. The monoisotopic (exact) mass is 461 g/mol. The van der Waals surface area contributed by atoms with Crippen LogP contribution in [0.4, 0.5) is 0 Å². The quantitative estimate of drug-likeness (QED) is 0.478. The van der Waals surface area contributed by atoms with Crippen LogP contribution in [0.25, 0.3) is 26.4 Å². The minimum Gasteiger partial charge on any atom is -0.355 e. The largest absolute Gasteiger partial charge is 0.355 e. The Balaban J connectivity index is 1.34. The lowest BCUT2D eigenvalue weighted by atomic mass is 10.1. The van der Waals surface area contributed by atoms with Gasteiger partial charge in [-0.15, -0.1) is 0 Å². The van der Waals surface area contributed by atoms with Crippen molar-refractivity contribution in [2.45, 2.75) is 6.42 Å². The molecule has 1 atom stereocenters.